The molecule has 1 heterocycles. The summed E-state index contributed by atoms with van der Waals surface area (Å²) in [5.41, 5.74) is 1.56. The molecule has 4 heteroatoms. The minimum Gasteiger partial charge on any atom is -0.508 e. The van der Waals surface area contributed by atoms with Gasteiger partial charge in [0.05, 0.1) is 0 Å². The van der Waals surface area contributed by atoms with Gasteiger partial charge in [-0.15, -0.1) is 0 Å². The van der Waals surface area contributed by atoms with E-state index in [4.69, 9.17) is 0 Å². The minimum absolute atomic E-state index is 0.0351. The van der Waals surface area contributed by atoms with E-state index in [1.807, 2.05) is 37.3 Å². The highest BCUT2D eigenvalue weighted by Gasteiger charge is 2.48. The van der Waals surface area contributed by atoms with Gasteiger partial charge in [-0.2, -0.15) is 0 Å². The number of para-hydroxylation sites is 1. The number of likely N-dealkylation sites (N-methyl/N-ethyl adjacent to an activating group) is 1. The van der Waals surface area contributed by atoms with Gasteiger partial charge in [0.1, 0.15) is 11.2 Å². The lowest BCUT2D eigenvalue weighted by molar-refractivity contribution is -0.121. The monoisotopic (exact) mass is 331 g/mol. The van der Waals surface area contributed by atoms with Crippen molar-refractivity contribution >= 4 is 27.5 Å². The first-order valence-electron chi connectivity index (χ1n) is 6.33. The van der Waals surface area contributed by atoms with Crippen molar-refractivity contribution in [2.75, 3.05) is 11.9 Å². The van der Waals surface area contributed by atoms with Crippen molar-refractivity contribution in [2.45, 2.75) is 12.3 Å². The van der Waals surface area contributed by atoms with Crippen LogP contribution in [0.4, 0.5) is 5.69 Å². The summed E-state index contributed by atoms with van der Waals surface area (Å²) in [6.45, 7) is 1.86. The molecule has 20 heavy (non-hydrogen) atoms. The fourth-order valence-corrected chi connectivity index (χ4v) is 3.28. The van der Waals surface area contributed by atoms with Crippen LogP contribution in [0.15, 0.2) is 46.9 Å². The summed E-state index contributed by atoms with van der Waals surface area (Å²) in [5.74, 6) is 0.0984. The summed E-state index contributed by atoms with van der Waals surface area (Å²) in [6, 6.07) is 12.9. The molecule has 0 bridgehead atoms. The summed E-state index contributed by atoms with van der Waals surface area (Å²) < 4.78 is 0.839. The van der Waals surface area contributed by atoms with Crippen LogP contribution in [-0.2, 0) is 10.2 Å². The number of hydrogen-bond donors (Lipinski definition) is 1. The van der Waals surface area contributed by atoms with Crippen LogP contribution in [-0.4, -0.2) is 18.1 Å². The summed E-state index contributed by atoms with van der Waals surface area (Å²) in [5, 5.41) is 10.2. The van der Waals surface area contributed by atoms with Crippen LogP contribution < -0.4 is 4.90 Å². The molecule has 0 aromatic heterocycles. The molecule has 1 amide bonds. The molecule has 102 valence electrons. The number of rotatable bonds is 1. The third kappa shape index (κ3) is 1.61. The summed E-state index contributed by atoms with van der Waals surface area (Å²) in [7, 11) is 1.77. The summed E-state index contributed by atoms with van der Waals surface area (Å²) in [4.78, 5) is 14.4. The number of phenolic OH excluding ortho intramolecular Hbond substituents is 1. The number of halogens is 1. The van der Waals surface area contributed by atoms with E-state index in [0.29, 0.717) is 5.56 Å². The van der Waals surface area contributed by atoms with E-state index in [0.717, 1.165) is 15.7 Å². The van der Waals surface area contributed by atoms with Gasteiger partial charge in [0.25, 0.3) is 0 Å². The van der Waals surface area contributed by atoms with Crippen LogP contribution in [0.2, 0.25) is 0 Å². The lowest BCUT2D eigenvalue weighted by Crippen LogP contribution is -2.37. The third-order valence-electron chi connectivity index (χ3n) is 4.03. The number of amides is 1. The van der Waals surface area contributed by atoms with Gasteiger partial charge in [-0.3, -0.25) is 4.79 Å². The molecular weight excluding hydrogens is 318 g/mol. The Morgan fingerprint density at radius 1 is 1.15 bits per heavy atom. The molecule has 3 nitrogen and oxygen atoms in total. The number of aromatic hydroxyl groups is 1. The van der Waals surface area contributed by atoms with Gasteiger partial charge in [0, 0.05) is 22.8 Å². The molecule has 0 saturated carbocycles. The first-order chi connectivity index (χ1) is 9.46. The van der Waals surface area contributed by atoms with E-state index in [9.17, 15) is 9.90 Å². The molecule has 0 aliphatic carbocycles. The smallest absolute Gasteiger partial charge is 0.241 e. The Balaban J connectivity index is 2.31. The highest BCUT2D eigenvalue weighted by molar-refractivity contribution is 9.10. The Morgan fingerprint density at radius 2 is 1.85 bits per heavy atom. The molecule has 0 saturated heterocycles. The maximum atomic E-state index is 12.7. The largest absolute Gasteiger partial charge is 0.508 e. The van der Waals surface area contributed by atoms with Crippen LogP contribution in [0.3, 0.4) is 0 Å². The van der Waals surface area contributed by atoms with Crippen molar-refractivity contribution in [1.82, 2.24) is 0 Å². The molecule has 1 aliphatic rings. The minimum atomic E-state index is -0.862. The van der Waals surface area contributed by atoms with Gasteiger partial charge >= 0.3 is 0 Å². The van der Waals surface area contributed by atoms with Crippen molar-refractivity contribution in [3.63, 3.8) is 0 Å². The Hall–Kier alpha value is -1.81. The Kier molecular flexibility index (Phi) is 2.87. The van der Waals surface area contributed by atoms with Crippen molar-refractivity contribution in [2.24, 2.45) is 0 Å². The van der Waals surface area contributed by atoms with Gasteiger partial charge < -0.3 is 10.0 Å². The maximum Gasteiger partial charge on any atom is 0.241 e. The zero-order chi connectivity index (χ0) is 14.5. The van der Waals surface area contributed by atoms with Gasteiger partial charge in [-0.05, 0) is 36.8 Å². The zero-order valence-corrected chi connectivity index (χ0v) is 12.8. The van der Waals surface area contributed by atoms with E-state index in [2.05, 4.69) is 15.9 Å². The molecule has 1 N–H and O–H groups in total. The first kappa shape index (κ1) is 13.2. The standard InChI is InChI=1S/C16H14BrNO2/c1-16(12-9-10(17)7-8-14(12)19)11-5-3-4-6-13(11)18(2)15(16)20/h3-9,19H,1-2H3. The summed E-state index contributed by atoms with van der Waals surface area (Å²) >= 11 is 3.41. The number of carbonyl (C=O) groups is 1. The lowest BCUT2D eigenvalue weighted by Gasteiger charge is -2.25. The molecule has 1 atom stereocenters. The highest BCUT2D eigenvalue weighted by Crippen LogP contribution is 2.48. The van der Waals surface area contributed by atoms with Crippen molar-refractivity contribution in [1.29, 1.82) is 0 Å². The Morgan fingerprint density at radius 3 is 2.60 bits per heavy atom. The molecule has 3 rings (SSSR count). The molecule has 2 aromatic carbocycles. The van der Waals surface area contributed by atoms with Crippen LogP contribution in [0.1, 0.15) is 18.1 Å². The van der Waals surface area contributed by atoms with Crippen molar-refractivity contribution < 1.29 is 9.90 Å². The first-order valence-corrected chi connectivity index (χ1v) is 7.12. The molecule has 1 aliphatic heterocycles. The van der Waals surface area contributed by atoms with Gasteiger partial charge in [0.2, 0.25) is 5.91 Å². The van der Waals surface area contributed by atoms with E-state index < -0.39 is 5.41 Å². The Bertz CT molecular complexity index is 713. The summed E-state index contributed by atoms with van der Waals surface area (Å²) in [6.07, 6.45) is 0. The van der Waals surface area contributed by atoms with Crippen LogP contribution in [0, 0.1) is 0 Å². The molecule has 1 unspecified atom stereocenters. The number of benzene rings is 2. The van der Waals surface area contributed by atoms with Crippen molar-refractivity contribution in [3.8, 4) is 5.75 Å². The molecule has 0 spiro atoms. The second-order valence-electron chi connectivity index (χ2n) is 5.17. The topological polar surface area (TPSA) is 40.5 Å². The van der Waals surface area contributed by atoms with E-state index >= 15 is 0 Å². The van der Waals surface area contributed by atoms with Gasteiger partial charge in [0.15, 0.2) is 0 Å². The fourth-order valence-electron chi connectivity index (χ4n) is 2.92. The van der Waals surface area contributed by atoms with E-state index in [-0.39, 0.29) is 11.7 Å². The van der Waals surface area contributed by atoms with Crippen LogP contribution in [0.25, 0.3) is 0 Å². The zero-order valence-electron chi connectivity index (χ0n) is 11.2. The molecule has 2 aromatic rings. The third-order valence-corrected chi connectivity index (χ3v) is 4.53. The second kappa shape index (κ2) is 4.35. The number of hydrogen-bond acceptors (Lipinski definition) is 2. The SMILES string of the molecule is CN1C(=O)C(C)(c2cc(Br)ccc2O)c2ccccc21. The average Bonchev–Trinajstić information content (AvgIpc) is 2.65. The lowest BCUT2D eigenvalue weighted by atomic mass is 9.77. The number of phenols is 1. The number of carbonyl (C=O) groups excluding carboxylic acids is 1. The quantitative estimate of drug-likeness (QED) is 0.869. The number of nitrogens with zero attached hydrogens (tertiary/aromatic N) is 1. The van der Waals surface area contributed by atoms with E-state index in [1.165, 1.54) is 0 Å². The van der Waals surface area contributed by atoms with Crippen LogP contribution >= 0.6 is 15.9 Å². The normalized spacial score (nSPS) is 21.1. The van der Waals surface area contributed by atoms with Crippen LogP contribution in [0.5, 0.6) is 5.75 Å². The molecular formula is C16H14BrNO2. The predicted molar refractivity (Wildman–Crippen MR) is 82.1 cm³/mol. The predicted octanol–water partition coefficient (Wildman–Crippen LogP) is 3.44. The number of fused-ring (bicyclic) bond motifs is 1. The van der Waals surface area contributed by atoms with E-state index in [1.54, 1.807) is 24.1 Å². The fraction of sp³-hybridized carbons (Fsp3) is 0.188. The average molecular weight is 332 g/mol. The second-order valence-corrected chi connectivity index (χ2v) is 6.08. The Labute approximate surface area is 126 Å². The van der Waals surface area contributed by atoms with Gasteiger partial charge in [-0.1, -0.05) is 34.1 Å². The number of anilines is 1. The maximum absolute atomic E-state index is 12.7. The molecule has 0 fully saturated rings. The molecule has 0 radical (unpaired) electrons. The highest BCUT2D eigenvalue weighted by atomic mass is 79.9. The van der Waals surface area contributed by atoms with Gasteiger partial charge in [-0.25, -0.2) is 0 Å². The van der Waals surface area contributed by atoms with Crippen molar-refractivity contribution in [3.05, 3.63) is 58.1 Å².